The van der Waals surface area contributed by atoms with Gasteiger partial charge in [0.25, 0.3) is 5.91 Å². The summed E-state index contributed by atoms with van der Waals surface area (Å²) in [5, 5.41) is 2.00. The molecule has 1 atom stereocenters. The molecule has 5 nitrogen and oxygen atoms in total. The molecule has 1 aliphatic heterocycles. The van der Waals surface area contributed by atoms with Crippen molar-refractivity contribution in [3.8, 4) is 0 Å². The Kier molecular flexibility index (Phi) is 4.04. The number of nitrogens with one attached hydrogen (secondary N) is 1. The second-order valence-corrected chi connectivity index (χ2v) is 4.81. The average Bonchev–Trinajstić information content (AvgIpc) is 2.40. The molecule has 1 heterocycles. The molecule has 0 aliphatic carbocycles. The first-order chi connectivity index (χ1) is 9.43. The number of nitrogens with zero attached hydrogens (tertiary/aromatic N) is 1. The monoisotopic (exact) mass is 298 g/mol. The van der Waals surface area contributed by atoms with Gasteiger partial charge in [-0.25, -0.2) is 4.39 Å². The van der Waals surface area contributed by atoms with Crippen LogP contribution in [0, 0.1) is 5.82 Å². The Morgan fingerprint density at radius 3 is 2.80 bits per heavy atom. The highest BCUT2D eigenvalue weighted by molar-refractivity contribution is 6.31. The number of piperazine rings is 1. The second kappa shape index (κ2) is 5.58. The topological polar surface area (TPSA) is 66.5 Å². The number of carbonyl (C=O) groups excluding carboxylic acids is 3. The molecule has 20 heavy (non-hydrogen) atoms. The molecular weight excluding hydrogens is 287 g/mol. The molecule has 0 aromatic heterocycles. The highest BCUT2D eigenvalue weighted by atomic mass is 35.5. The molecule has 0 saturated carbocycles. The van der Waals surface area contributed by atoms with Crippen LogP contribution in [0.15, 0.2) is 18.2 Å². The summed E-state index contributed by atoms with van der Waals surface area (Å²) in [5.41, 5.74) is 0.136. The molecule has 0 radical (unpaired) electrons. The maximum atomic E-state index is 13.1. The van der Waals surface area contributed by atoms with E-state index in [0.29, 0.717) is 6.42 Å². The van der Waals surface area contributed by atoms with Crippen LogP contribution in [0.4, 0.5) is 4.39 Å². The standard InChI is InChI=1S/C13H12ClFN2O3/c1-2-10-12(19)16-11(18)6-17(10)13(20)7-3-4-9(15)8(14)5-7/h3-5,10H,2,6H2,1H3,(H,16,18,19). The van der Waals surface area contributed by atoms with E-state index < -0.39 is 29.6 Å². The summed E-state index contributed by atoms with van der Waals surface area (Å²) in [6.07, 6.45) is 0.375. The van der Waals surface area contributed by atoms with E-state index in [1.807, 2.05) is 0 Å². The molecule has 1 aliphatic rings. The Morgan fingerprint density at radius 1 is 1.50 bits per heavy atom. The summed E-state index contributed by atoms with van der Waals surface area (Å²) in [5.74, 6) is -2.21. The van der Waals surface area contributed by atoms with Gasteiger partial charge in [-0.05, 0) is 24.6 Å². The molecule has 1 saturated heterocycles. The minimum absolute atomic E-state index is 0.136. The van der Waals surface area contributed by atoms with E-state index in [9.17, 15) is 18.8 Å². The van der Waals surface area contributed by atoms with Crippen molar-refractivity contribution in [2.24, 2.45) is 0 Å². The van der Waals surface area contributed by atoms with Crippen LogP contribution in [-0.2, 0) is 9.59 Å². The zero-order valence-corrected chi connectivity index (χ0v) is 11.4. The molecule has 1 unspecified atom stereocenters. The van der Waals surface area contributed by atoms with Crippen LogP contribution < -0.4 is 5.32 Å². The second-order valence-electron chi connectivity index (χ2n) is 4.40. The lowest BCUT2D eigenvalue weighted by Crippen LogP contribution is -2.59. The first kappa shape index (κ1) is 14.5. The lowest BCUT2D eigenvalue weighted by molar-refractivity contribution is -0.138. The number of benzene rings is 1. The van der Waals surface area contributed by atoms with E-state index in [1.165, 1.54) is 17.0 Å². The highest BCUT2D eigenvalue weighted by Crippen LogP contribution is 2.19. The van der Waals surface area contributed by atoms with E-state index in [2.05, 4.69) is 5.32 Å². The number of imide groups is 1. The fraction of sp³-hybridized carbons (Fsp3) is 0.308. The smallest absolute Gasteiger partial charge is 0.255 e. The van der Waals surface area contributed by atoms with Gasteiger partial charge in [0, 0.05) is 5.56 Å². The van der Waals surface area contributed by atoms with Crippen LogP contribution in [0.1, 0.15) is 23.7 Å². The van der Waals surface area contributed by atoms with Crippen LogP contribution in [0.25, 0.3) is 0 Å². The molecular formula is C13H12ClFN2O3. The van der Waals surface area contributed by atoms with Crippen molar-refractivity contribution in [3.63, 3.8) is 0 Å². The SMILES string of the molecule is CCC1C(=O)NC(=O)CN1C(=O)c1ccc(F)c(Cl)c1. The summed E-state index contributed by atoms with van der Waals surface area (Å²) in [6, 6.07) is 2.81. The predicted octanol–water partition coefficient (Wildman–Crippen LogP) is 1.36. The molecule has 1 aromatic rings. The Balaban J connectivity index is 2.32. The van der Waals surface area contributed by atoms with Crippen molar-refractivity contribution in [2.75, 3.05) is 6.54 Å². The fourth-order valence-electron chi connectivity index (χ4n) is 2.08. The predicted molar refractivity (Wildman–Crippen MR) is 69.7 cm³/mol. The van der Waals surface area contributed by atoms with Gasteiger partial charge in [-0.15, -0.1) is 0 Å². The number of hydrogen-bond donors (Lipinski definition) is 1. The van der Waals surface area contributed by atoms with Gasteiger partial charge < -0.3 is 4.90 Å². The van der Waals surface area contributed by atoms with Crippen molar-refractivity contribution in [1.29, 1.82) is 0 Å². The molecule has 2 rings (SSSR count). The summed E-state index contributed by atoms with van der Waals surface area (Å²) in [7, 11) is 0. The first-order valence-corrected chi connectivity index (χ1v) is 6.41. The number of halogens is 2. The Morgan fingerprint density at radius 2 is 2.20 bits per heavy atom. The Bertz CT molecular complexity index is 591. The summed E-state index contributed by atoms with van der Waals surface area (Å²) >= 11 is 5.63. The van der Waals surface area contributed by atoms with Crippen LogP contribution in [0.2, 0.25) is 5.02 Å². The van der Waals surface area contributed by atoms with Gasteiger partial charge in [-0.1, -0.05) is 18.5 Å². The number of amides is 3. The lowest BCUT2D eigenvalue weighted by Gasteiger charge is -2.33. The van der Waals surface area contributed by atoms with Gasteiger partial charge >= 0.3 is 0 Å². The van der Waals surface area contributed by atoms with Crippen molar-refractivity contribution < 1.29 is 18.8 Å². The number of rotatable bonds is 2. The molecule has 0 spiro atoms. The molecule has 106 valence electrons. The Labute approximate surface area is 119 Å². The van der Waals surface area contributed by atoms with E-state index in [4.69, 9.17) is 11.6 Å². The van der Waals surface area contributed by atoms with Gasteiger partial charge in [-0.2, -0.15) is 0 Å². The minimum Gasteiger partial charge on any atom is -0.317 e. The summed E-state index contributed by atoms with van der Waals surface area (Å²) in [6.45, 7) is 1.52. The van der Waals surface area contributed by atoms with Crippen molar-refractivity contribution in [3.05, 3.63) is 34.6 Å². The maximum absolute atomic E-state index is 13.1. The van der Waals surface area contributed by atoms with E-state index >= 15 is 0 Å². The van der Waals surface area contributed by atoms with Crippen molar-refractivity contribution in [1.82, 2.24) is 10.2 Å². The molecule has 7 heteroatoms. The normalized spacial score (nSPS) is 18.9. The molecule has 3 amide bonds. The van der Waals surface area contributed by atoms with Crippen LogP contribution >= 0.6 is 11.6 Å². The van der Waals surface area contributed by atoms with Crippen molar-refractivity contribution >= 4 is 29.3 Å². The van der Waals surface area contributed by atoms with Crippen LogP contribution in [0.3, 0.4) is 0 Å². The van der Waals surface area contributed by atoms with Crippen LogP contribution in [0.5, 0.6) is 0 Å². The highest BCUT2D eigenvalue weighted by Gasteiger charge is 2.35. The van der Waals surface area contributed by atoms with Gasteiger partial charge in [0.15, 0.2) is 0 Å². The largest absolute Gasteiger partial charge is 0.317 e. The van der Waals surface area contributed by atoms with Gasteiger partial charge in [0.2, 0.25) is 11.8 Å². The Hall–Kier alpha value is -1.95. The number of hydrogen-bond acceptors (Lipinski definition) is 3. The average molecular weight is 299 g/mol. The zero-order chi connectivity index (χ0) is 14.9. The van der Waals surface area contributed by atoms with E-state index in [-0.39, 0.29) is 17.1 Å². The van der Waals surface area contributed by atoms with Crippen molar-refractivity contribution in [2.45, 2.75) is 19.4 Å². The van der Waals surface area contributed by atoms with Gasteiger partial charge in [0.1, 0.15) is 18.4 Å². The maximum Gasteiger partial charge on any atom is 0.255 e. The third-order valence-corrected chi connectivity index (χ3v) is 3.36. The minimum atomic E-state index is -0.718. The van der Waals surface area contributed by atoms with Gasteiger partial charge in [-0.3, -0.25) is 19.7 Å². The summed E-state index contributed by atoms with van der Waals surface area (Å²) < 4.78 is 13.1. The molecule has 1 fully saturated rings. The molecule has 0 bridgehead atoms. The third-order valence-electron chi connectivity index (χ3n) is 3.07. The quantitative estimate of drug-likeness (QED) is 0.838. The molecule has 1 N–H and O–H groups in total. The van der Waals surface area contributed by atoms with E-state index in [1.54, 1.807) is 6.92 Å². The molecule has 1 aromatic carbocycles. The van der Waals surface area contributed by atoms with Crippen LogP contribution in [-0.4, -0.2) is 35.2 Å². The lowest BCUT2D eigenvalue weighted by atomic mass is 10.1. The fourth-order valence-corrected chi connectivity index (χ4v) is 2.26. The van der Waals surface area contributed by atoms with Gasteiger partial charge in [0.05, 0.1) is 5.02 Å². The van der Waals surface area contributed by atoms with E-state index in [0.717, 1.165) is 6.07 Å². The first-order valence-electron chi connectivity index (χ1n) is 6.03. The third kappa shape index (κ3) is 2.65. The number of carbonyl (C=O) groups is 3. The summed E-state index contributed by atoms with van der Waals surface area (Å²) in [4.78, 5) is 36.6. The zero-order valence-electron chi connectivity index (χ0n) is 10.7.